The highest BCUT2D eigenvalue weighted by Gasteiger charge is 2.05. The van der Waals surface area contributed by atoms with Crippen LogP contribution in [0.3, 0.4) is 0 Å². The molecule has 3 heteroatoms. The zero-order valence-electron chi connectivity index (χ0n) is 7.92. The van der Waals surface area contributed by atoms with Gasteiger partial charge in [0.1, 0.15) is 0 Å². The van der Waals surface area contributed by atoms with Gasteiger partial charge in [-0.1, -0.05) is 17.7 Å². The maximum absolute atomic E-state index is 6.06. The highest BCUT2D eigenvalue weighted by atomic mass is 35.5. The molecule has 0 fully saturated rings. The van der Waals surface area contributed by atoms with E-state index in [1.54, 1.807) is 6.20 Å². The van der Waals surface area contributed by atoms with Crippen molar-refractivity contribution in [3.05, 3.63) is 40.7 Å². The second-order valence-corrected chi connectivity index (χ2v) is 3.63. The van der Waals surface area contributed by atoms with E-state index in [-0.39, 0.29) is 0 Å². The van der Waals surface area contributed by atoms with Gasteiger partial charge >= 0.3 is 0 Å². The standard InChI is InChI=1S/C11H11ClN2/c1-7-8-2-3-11(12)10(6-13)9(8)4-5-14-7/h2-5H,6,13H2,1H3. The smallest absolute Gasteiger partial charge is 0.0457 e. The van der Waals surface area contributed by atoms with E-state index in [1.807, 2.05) is 25.1 Å². The quantitative estimate of drug-likeness (QED) is 0.779. The molecule has 14 heavy (non-hydrogen) atoms. The van der Waals surface area contributed by atoms with Crippen LogP contribution in [0, 0.1) is 6.92 Å². The summed E-state index contributed by atoms with van der Waals surface area (Å²) in [5.41, 5.74) is 7.67. The van der Waals surface area contributed by atoms with Gasteiger partial charge in [0.25, 0.3) is 0 Å². The van der Waals surface area contributed by atoms with Crippen LogP contribution in [-0.2, 0) is 6.54 Å². The monoisotopic (exact) mass is 206 g/mol. The molecule has 0 saturated heterocycles. The van der Waals surface area contributed by atoms with Crippen molar-refractivity contribution in [2.45, 2.75) is 13.5 Å². The van der Waals surface area contributed by atoms with E-state index in [9.17, 15) is 0 Å². The van der Waals surface area contributed by atoms with E-state index in [0.29, 0.717) is 6.54 Å². The molecule has 0 unspecified atom stereocenters. The average Bonchev–Trinajstić information content (AvgIpc) is 2.18. The van der Waals surface area contributed by atoms with Crippen molar-refractivity contribution in [1.29, 1.82) is 0 Å². The first-order valence-corrected chi connectivity index (χ1v) is 4.84. The van der Waals surface area contributed by atoms with Crippen LogP contribution in [-0.4, -0.2) is 4.98 Å². The second-order valence-electron chi connectivity index (χ2n) is 3.22. The molecule has 0 aliphatic carbocycles. The lowest BCUT2D eigenvalue weighted by Crippen LogP contribution is -1.99. The molecule has 2 aromatic rings. The number of benzene rings is 1. The maximum Gasteiger partial charge on any atom is 0.0457 e. The van der Waals surface area contributed by atoms with Crippen LogP contribution in [0.2, 0.25) is 5.02 Å². The summed E-state index contributed by atoms with van der Waals surface area (Å²) >= 11 is 6.06. The van der Waals surface area contributed by atoms with Crippen LogP contribution in [0.15, 0.2) is 24.4 Å². The van der Waals surface area contributed by atoms with Crippen LogP contribution < -0.4 is 5.73 Å². The normalized spacial score (nSPS) is 10.8. The average molecular weight is 207 g/mol. The number of hydrogen-bond donors (Lipinski definition) is 1. The Hall–Kier alpha value is -1.12. The summed E-state index contributed by atoms with van der Waals surface area (Å²) in [6, 6.07) is 5.82. The Morgan fingerprint density at radius 2 is 2.07 bits per heavy atom. The van der Waals surface area contributed by atoms with Gasteiger partial charge in [0, 0.05) is 28.8 Å². The third-order valence-corrected chi connectivity index (χ3v) is 2.76. The fourth-order valence-electron chi connectivity index (χ4n) is 1.64. The number of halogens is 1. The summed E-state index contributed by atoms with van der Waals surface area (Å²) in [5, 5.41) is 2.95. The van der Waals surface area contributed by atoms with E-state index >= 15 is 0 Å². The van der Waals surface area contributed by atoms with Gasteiger partial charge in [-0.15, -0.1) is 0 Å². The molecule has 0 radical (unpaired) electrons. The fraction of sp³-hybridized carbons (Fsp3) is 0.182. The van der Waals surface area contributed by atoms with E-state index in [1.165, 1.54) is 0 Å². The van der Waals surface area contributed by atoms with Gasteiger partial charge in [-0.05, 0) is 30.0 Å². The molecule has 0 bridgehead atoms. The van der Waals surface area contributed by atoms with Crippen LogP contribution in [0.5, 0.6) is 0 Å². The largest absolute Gasteiger partial charge is 0.326 e. The van der Waals surface area contributed by atoms with Crippen LogP contribution in [0.25, 0.3) is 10.8 Å². The van der Waals surface area contributed by atoms with Gasteiger partial charge in [0.2, 0.25) is 0 Å². The molecule has 2 nitrogen and oxygen atoms in total. The van der Waals surface area contributed by atoms with Crippen LogP contribution in [0.1, 0.15) is 11.3 Å². The zero-order chi connectivity index (χ0) is 10.1. The Labute approximate surface area is 87.7 Å². The van der Waals surface area contributed by atoms with Gasteiger partial charge in [-0.3, -0.25) is 4.98 Å². The summed E-state index contributed by atoms with van der Waals surface area (Å²) in [6.07, 6.45) is 1.78. The minimum atomic E-state index is 0.458. The third kappa shape index (κ3) is 1.37. The van der Waals surface area contributed by atoms with Gasteiger partial charge in [0.15, 0.2) is 0 Å². The minimum absolute atomic E-state index is 0.458. The molecule has 2 rings (SSSR count). The molecular weight excluding hydrogens is 196 g/mol. The molecular formula is C11H11ClN2. The Balaban J connectivity index is 2.88. The van der Waals surface area contributed by atoms with E-state index < -0.39 is 0 Å². The summed E-state index contributed by atoms with van der Waals surface area (Å²) in [6.45, 7) is 2.44. The van der Waals surface area contributed by atoms with Crippen molar-refractivity contribution in [3.8, 4) is 0 Å². The highest BCUT2D eigenvalue weighted by molar-refractivity contribution is 6.32. The Kier molecular flexibility index (Phi) is 2.40. The van der Waals surface area contributed by atoms with Crippen molar-refractivity contribution < 1.29 is 0 Å². The number of aromatic nitrogens is 1. The van der Waals surface area contributed by atoms with Gasteiger partial charge in [-0.2, -0.15) is 0 Å². The summed E-state index contributed by atoms with van der Waals surface area (Å²) < 4.78 is 0. The topological polar surface area (TPSA) is 38.9 Å². The molecule has 2 N–H and O–H groups in total. The van der Waals surface area contributed by atoms with Crippen molar-refractivity contribution in [1.82, 2.24) is 4.98 Å². The lowest BCUT2D eigenvalue weighted by Gasteiger charge is -2.07. The SMILES string of the molecule is Cc1nccc2c(CN)c(Cl)ccc12. The fourth-order valence-corrected chi connectivity index (χ4v) is 1.89. The van der Waals surface area contributed by atoms with Crippen molar-refractivity contribution in [2.75, 3.05) is 0 Å². The molecule has 72 valence electrons. The lowest BCUT2D eigenvalue weighted by atomic mass is 10.0. The number of pyridine rings is 1. The number of aryl methyl sites for hydroxylation is 1. The predicted molar refractivity (Wildman–Crippen MR) is 59.4 cm³/mol. The maximum atomic E-state index is 6.06. The van der Waals surface area contributed by atoms with Gasteiger partial charge in [-0.25, -0.2) is 0 Å². The number of hydrogen-bond acceptors (Lipinski definition) is 2. The molecule has 0 saturated carbocycles. The summed E-state index contributed by atoms with van der Waals surface area (Å²) in [7, 11) is 0. The molecule has 1 aromatic heterocycles. The Bertz CT molecular complexity index is 480. The molecule has 1 heterocycles. The molecule has 1 aromatic carbocycles. The van der Waals surface area contributed by atoms with Crippen molar-refractivity contribution in [3.63, 3.8) is 0 Å². The van der Waals surface area contributed by atoms with E-state index in [4.69, 9.17) is 17.3 Å². The Morgan fingerprint density at radius 3 is 2.79 bits per heavy atom. The minimum Gasteiger partial charge on any atom is -0.326 e. The molecule has 0 atom stereocenters. The number of nitrogens with two attached hydrogens (primary N) is 1. The number of rotatable bonds is 1. The lowest BCUT2D eigenvalue weighted by molar-refractivity contribution is 1.08. The second kappa shape index (κ2) is 3.56. The van der Waals surface area contributed by atoms with Crippen molar-refractivity contribution in [2.24, 2.45) is 5.73 Å². The molecule has 0 amide bonds. The summed E-state index contributed by atoms with van der Waals surface area (Å²) in [5.74, 6) is 0. The van der Waals surface area contributed by atoms with Gasteiger partial charge < -0.3 is 5.73 Å². The first-order valence-electron chi connectivity index (χ1n) is 4.47. The highest BCUT2D eigenvalue weighted by Crippen LogP contribution is 2.26. The first-order chi connectivity index (χ1) is 6.74. The number of nitrogens with zero attached hydrogens (tertiary/aromatic N) is 1. The number of fused-ring (bicyclic) bond motifs is 1. The van der Waals surface area contributed by atoms with Crippen LogP contribution >= 0.6 is 11.6 Å². The third-order valence-electron chi connectivity index (χ3n) is 2.40. The molecule has 0 aliphatic rings. The first kappa shape index (κ1) is 9.44. The predicted octanol–water partition coefficient (Wildman–Crippen LogP) is 2.66. The Morgan fingerprint density at radius 1 is 1.29 bits per heavy atom. The molecule has 0 spiro atoms. The van der Waals surface area contributed by atoms with Gasteiger partial charge in [0.05, 0.1) is 0 Å². The van der Waals surface area contributed by atoms with Crippen molar-refractivity contribution >= 4 is 22.4 Å². The summed E-state index contributed by atoms with van der Waals surface area (Å²) in [4.78, 5) is 4.23. The van der Waals surface area contributed by atoms with E-state index in [0.717, 1.165) is 27.1 Å². The molecule has 0 aliphatic heterocycles. The van der Waals surface area contributed by atoms with Crippen LogP contribution in [0.4, 0.5) is 0 Å². The van der Waals surface area contributed by atoms with E-state index in [2.05, 4.69) is 4.98 Å². The zero-order valence-corrected chi connectivity index (χ0v) is 8.67.